The third-order valence-corrected chi connectivity index (χ3v) is 3.94. The molecule has 1 aliphatic carbocycles. The Morgan fingerprint density at radius 1 is 1.00 bits per heavy atom. The van der Waals surface area contributed by atoms with Gasteiger partial charge in [-0.15, -0.1) is 0 Å². The van der Waals surface area contributed by atoms with Crippen molar-refractivity contribution in [1.82, 2.24) is 4.98 Å². The van der Waals surface area contributed by atoms with E-state index in [0.717, 1.165) is 41.1 Å². The van der Waals surface area contributed by atoms with Crippen LogP contribution < -0.4 is 0 Å². The van der Waals surface area contributed by atoms with Gasteiger partial charge in [0, 0.05) is 27.9 Å². The van der Waals surface area contributed by atoms with E-state index in [1.807, 2.05) is 30.5 Å². The van der Waals surface area contributed by atoms with Gasteiger partial charge >= 0.3 is 0 Å². The van der Waals surface area contributed by atoms with Gasteiger partial charge in [0.25, 0.3) is 0 Å². The fourth-order valence-corrected chi connectivity index (χ4v) is 3.13. The molecule has 1 aromatic heterocycles. The van der Waals surface area contributed by atoms with Crippen LogP contribution in [0, 0.1) is 0 Å². The van der Waals surface area contributed by atoms with E-state index in [-0.39, 0.29) is 0 Å². The fourth-order valence-electron chi connectivity index (χ4n) is 3.13. The number of rotatable bonds is 0. The van der Waals surface area contributed by atoms with Crippen molar-refractivity contribution in [1.29, 1.82) is 0 Å². The fraction of sp³-hybridized carbons (Fsp3) is 0.188. The van der Waals surface area contributed by atoms with Gasteiger partial charge in [0.05, 0.1) is 5.52 Å². The number of hydrogen-bond donors (Lipinski definition) is 1. The van der Waals surface area contributed by atoms with Crippen molar-refractivity contribution in [2.75, 3.05) is 0 Å². The molecule has 0 saturated heterocycles. The van der Waals surface area contributed by atoms with E-state index in [0.29, 0.717) is 5.75 Å². The van der Waals surface area contributed by atoms with Crippen LogP contribution in [0.15, 0.2) is 36.5 Å². The van der Waals surface area contributed by atoms with E-state index in [2.05, 4.69) is 11.1 Å². The predicted molar refractivity (Wildman–Crippen MR) is 72.9 cm³/mol. The Morgan fingerprint density at radius 3 is 2.72 bits per heavy atom. The number of fused-ring (bicyclic) bond motifs is 2. The number of pyridine rings is 1. The summed E-state index contributed by atoms with van der Waals surface area (Å²) in [6.07, 6.45) is 5.03. The second-order valence-electron chi connectivity index (χ2n) is 4.92. The summed E-state index contributed by atoms with van der Waals surface area (Å²) in [6.45, 7) is 0. The third kappa shape index (κ3) is 1.15. The van der Waals surface area contributed by atoms with Crippen LogP contribution in [0.25, 0.3) is 21.7 Å². The molecule has 88 valence electrons. The van der Waals surface area contributed by atoms with E-state index in [4.69, 9.17) is 0 Å². The number of nitrogens with zero attached hydrogens (tertiary/aromatic N) is 1. The molecule has 0 aliphatic heterocycles. The number of benzene rings is 2. The molecule has 2 heteroatoms. The molecule has 0 amide bonds. The van der Waals surface area contributed by atoms with Crippen LogP contribution in [0.4, 0.5) is 0 Å². The van der Waals surface area contributed by atoms with Crippen molar-refractivity contribution >= 4 is 21.7 Å². The molecule has 1 aliphatic rings. The Bertz CT molecular complexity index is 777. The molecule has 3 aromatic rings. The maximum Gasteiger partial charge on any atom is 0.127 e. The highest BCUT2D eigenvalue weighted by atomic mass is 16.3. The molecule has 18 heavy (non-hydrogen) atoms. The molecule has 0 unspecified atom stereocenters. The standard InChI is InChI=1S/C16H13NO/c18-16-12-6-2-1-5-11(12)15-14-10(8-9-17-15)4-3-7-13(14)16/h1-2,5-6,8-9,18H,3-4,7H2. The molecule has 0 saturated carbocycles. The molecule has 0 spiro atoms. The van der Waals surface area contributed by atoms with Crippen molar-refractivity contribution in [2.24, 2.45) is 0 Å². The first kappa shape index (κ1) is 9.89. The highest BCUT2D eigenvalue weighted by Gasteiger charge is 2.19. The van der Waals surface area contributed by atoms with Crippen molar-refractivity contribution in [3.8, 4) is 5.75 Å². The van der Waals surface area contributed by atoms with E-state index < -0.39 is 0 Å². The van der Waals surface area contributed by atoms with Crippen LogP contribution in [0.5, 0.6) is 5.75 Å². The molecule has 1 N–H and O–H groups in total. The molecule has 0 radical (unpaired) electrons. The Hall–Kier alpha value is -2.09. The summed E-state index contributed by atoms with van der Waals surface area (Å²) < 4.78 is 0. The predicted octanol–water partition coefficient (Wildman–Crippen LogP) is 3.58. The molecule has 0 fully saturated rings. The average Bonchev–Trinajstić information content (AvgIpc) is 2.44. The van der Waals surface area contributed by atoms with Gasteiger partial charge in [-0.3, -0.25) is 4.98 Å². The number of phenolic OH excluding ortho intramolecular Hbond substituents is 1. The van der Waals surface area contributed by atoms with Gasteiger partial charge in [-0.25, -0.2) is 0 Å². The van der Waals surface area contributed by atoms with Gasteiger partial charge in [-0.2, -0.15) is 0 Å². The highest BCUT2D eigenvalue weighted by molar-refractivity contribution is 6.11. The maximum absolute atomic E-state index is 10.5. The molecule has 0 bridgehead atoms. The van der Waals surface area contributed by atoms with Crippen LogP contribution in [0.3, 0.4) is 0 Å². The molecule has 2 aromatic carbocycles. The summed E-state index contributed by atoms with van der Waals surface area (Å²) in [5.74, 6) is 0.451. The van der Waals surface area contributed by atoms with E-state index in [1.165, 1.54) is 10.9 Å². The minimum absolute atomic E-state index is 0.451. The summed E-state index contributed by atoms with van der Waals surface area (Å²) in [6, 6.07) is 10.1. The minimum atomic E-state index is 0.451. The average molecular weight is 235 g/mol. The topological polar surface area (TPSA) is 33.1 Å². The zero-order chi connectivity index (χ0) is 12.1. The summed E-state index contributed by atoms with van der Waals surface area (Å²) in [4.78, 5) is 4.54. The van der Waals surface area contributed by atoms with Crippen molar-refractivity contribution < 1.29 is 5.11 Å². The van der Waals surface area contributed by atoms with Crippen LogP contribution in [0.2, 0.25) is 0 Å². The second-order valence-corrected chi connectivity index (χ2v) is 4.92. The number of aryl methyl sites for hydroxylation is 2. The zero-order valence-corrected chi connectivity index (χ0v) is 9.98. The lowest BCUT2D eigenvalue weighted by molar-refractivity contribution is 0.474. The van der Waals surface area contributed by atoms with Gasteiger partial charge in [-0.1, -0.05) is 24.3 Å². The summed E-state index contributed by atoms with van der Waals surface area (Å²) >= 11 is 0. The Balaban J connectivity index is 2.35. The molecule has 2 nitrogen and oxygen atoms in total. The van der Waals surface area contributed by atoms with Gasteiger partial charge in [0.2, 0.25) is 0 Å². The first-order valence-corrected chi connectivity index (χ1v) is 6.36. The first-order valence-electron chi connectivity index (χ1n) is 6.36. The van der Waals surface area contributed by atoms with E-state index in [1.54, 1.807) is 0 Å². The molecule has 0 atom stereocenters. The number of phenols is 1. The van der Waals surface area contributed by atoms with E-state index >= 15 is 0 Å². The molecule has 4 rings (SSSR count). The third-order valence-electron chi connectivity index (χ3n) is 3.94. The quantitative estimate of drug-likeness (QED) is 0.604. The normalized spacial score (nSPS) is 14.2. The molecular weight excluding hydrogens is 222 g/mol. The SMILES string of the molecule is Oc1c2c3c(ccnc3c3ccccc13)CCC2. The van der Waals surface area contributed by atoms with Crippen LogP contribution in [-0.4, -0.2) is 10.1 Å². The van der Waals surface area contributed by atoms with Gasteiger partial charge in [0.1, 0.15) is 5.75 Å². The Morgan fingerprint density at radius 2 is 1.83 bits per heavy atom. The summed E-state index contributed by atoms with van der Waals surface area (Å²) in [5, 5.41) is 13.6. The number of aromatic nitrogens is 1. The van der Waals surface area contributed by atoms with Gasteiger partial charge in [0.15, 0.2) is 0 Å². The highest BCUT2D eigenvalue weighted by Crippen LogP contribution is 2.40. The van der Waals surface area contributed by atoms with Crippen molar-refractivity contribution in [3.05, 3.63) is 47.7 Å². The largest absolute Gasteiger partial charge is 0.507 e. The van der Waals surface area contributed by atoms with Crippen molar-refractivity contribution in [3.63, 3.8) is 0 Å². The lowest BCUT2D eigenvalue weighted by atomic mass is 9.87. The zero-order valence-electron chi connectivity index (χ0n) is 9.98. The lowest BCUT2D eigenvalue weighted by Crippen LogP contribution is -2.03. The summed E-state index contributed by atoms with van der Waals surface area (Å²) in [5.41, 5.74) is 3.44. The number of hydrogen-bond acceptors (Lipinski definition) is 2. The van der Waals surface area contributed by atoms with Crippen LogP contribution in [-0.2, 0) is 12.8 Å². The van der Waals surface area contributed by atoms with Crippen LogP contribution >= 0.6 is 0 Å². The van der Waals surface area contributed by atoms with Crippen LogP contribution in [0.1, 0.15) is 17.5 Å². The monoisotopic (exact) mass is 235 g/mol. The molecular formula is C16H13NO. The minimum Gasteiger partial charge on any atom is -0.507 e. The van der Waals surface area contributed by atoms with Gasteiger partial charge in [-0.05, 0) is 30.9 Å². The molecule has 1 heterocycles. The Labute approximate surface area is 105 Å². The van der Waals surface area contributed by atoms with Crippen molar-refractivity contribution in [2.45, 2.75) is 19.3 Å². The lowest BCUT2D eigenvalue weighted by Gasteiger charge is -2.19. The van der Waals surface area contributed by atoms with E-state index in [9.17, 15) is 5.11 Å². The summed E-state index contributed by atoms with van der Waals surface area (Å²) in [7, 11) is 0. The van der Waals surface area contributed by atoms with Gasteiger partial charge < -0.3 is 5.11 Å². The second kappa shape index (κ2) is 3.45. The first-order chi connectivity index (χ1) is 8.86. The smallest absolute Gasteiger partial charge is 0.127 e. The number of aromatic hydroxyl groups is 1. The maximum atomic E-state index is 10.5. The Kier molecular flexibility index (Phi) is 1.90.